The van der Waals surface area contributed by atoms with Crippen molar-refractivity contribution in [1.29, 1.82) is 0 Å². The summed E-state index contributed by atoms with van der Waals surface area (Å²) < 4.78 is 0. The first-order valence-electron chi connectivity index (χ1n) is 9.85. The van der Waals surface area contributed by atoms with Gasteiger partial charge in [-0.05, 0) is 42.8 Å². The summed E-state index contributed by atoms with van der Waals surface area (Å²) in [6.45, 7) is 2.00. The smallest absolute Gasteiger partial charge is 0.266 e. The molecule has 0 unspecified atom stereocenters. The summed E-state index contributed by atoms with van der Waals surface area (Å²) in [5, 5.41) is 2.38. The zero-order valence-electron chi connectivity index (χ0n) is 16.5. The first-order chi connectivity index (χ1) is 14.9. The van der Waals surface area contributed by atoms with E-state index >= 15 is 0 Å². The number of anilines is 2. The van der Waals surface area contributed by atoms with E-state index in [0.717, 1.165) is 21.7 Å². The molecule has 0 N–H and O–H groups in total. The molecule has 3 aromatic rings. The number of nitrogens with zero attached hydrogens (tertiary/aromatic N) is 2. The second-order valence-electron chi connectivity index (χ2n) is 7.71. The molecule has 0 saturated carbocycles. The third-order valence-electron chi connectivity index (χ3n) is 5.65. The zero-order chi connectivity index (χ0) is 21.7. The molecule has 2 aliphatic heterocycles. The highest BCUT2D eigenvalue weighted by molar-refractivity contribution is 6.35. The summed E-state index contributed by atoms with van der Waals surface area (Å²) in [6, 6.07) is 21.6. The number of carbonyl (C=O) groups is 2. The predicted molar refractivity (Wildman–Crippen MR) is 120 cm³/mol. The van der Waals surface area contributed by atoms with Crippen LogP contribution >= 0.6 is 23.2 Å². The number of hydroxylamine groups is 1. The molecule has 0 bridgehead atoms. The van der Waals surface area contributed by atoms with Crippen LogP contribution in [-0.2, 0) is 14.4 Å². The van der Waals surface area contributed by atoms with Gasteiger partial charge in [-0.3, -0.25) is 14.4 Å². The van der Waals surface area contributed by atoms with Crippen LogP contribution in [0.3, 0.4) is 0 Å². The molecule has 5 rings (SSSR count). The largest absolute Gasteiger partial charge is 0.273 e. The van der Waals surface area contributed by atoms with Crippen molar-refractivity contribution in [2.24, 2.45) is 5.92 Å². The highest BCUT2D eigenvalue weighted by atomic mass is 35.5. The minimum absolute atomic E-state index is 0.336. The number of imide groups is 1. The monoisotopic (exact) mass is 452 g/mol. The van der Waals surface area contributed by atoms with Crippen LogP contribution in [0, 0.1) is 12.8 Å². The maximum atomic E-state index is 13.6. The van der Waals surface area contributed by atoms with E-state index in [2.05, 4.69) is 0 Å². The molecule has 2 aliphatic rings. The number of rotatable bonds is 3. The van der Waals surface area contributed by atoms with E-state index in [0.29, 0.717) is 15.7 Å². The molecule has 0 spiro atoms. The van der Waals surface area contributed by atoms with Crippen molar-refractivity contribution in [2.75, 3.05) is 9.96 Å². The summed E-state index contributed by atoms with van der Waals surface area (Å²) in [4.78, 5) is 34.1. The van der Waals surface area contributed by atoms with Gasteiger partial charge in [-0.2, -0.15) is 0 Å². The van der Waals surface area contributed by atoms with Gasteiger partial charge >= 0.3 is 0 Å². The van der Waals surface area contributed by atoms with Gasteiger partial charge in [-0.25, -0.2) is 9.96 Å². The Hall–Kier alpha value is -2.86. The Bertz CT molecular complexity index is 1150. The SMILES string of the molecule is Cc1ccc([C@H]2[C@@H]3C(=O)N(c4cc(Cl)cc(Cl)c4)C(=O)[C@H]3ON2c2ccccc2)cc1. The number of hydrogen-bond acceptors (Lipinski definition) is 4. The molecule has 0 aliphatic carbocycles. The van der Waals surface area contributed by atoms with Crippen LogP contribution in [0.25, 0.3) is 0 Å². The zero-order valence-corrected chi connectivity index (χ0v) is 18.0. The van der Waals surface area contributed by atoms with Crippen LogP contribution in [0.4, 0.5) is 11.4 Å². The van der Waals surface area contributed by atoms with Crippen LogP contribution in [0.1, 0.15) is 17.2 Å². The number of amides is 2. The molecular weight excluding hydrogens is 435 g/mol. The van der Waals surface area contributed by atoms with Gasteiger partial charge in [0, 0.05) is 10.0 Å². The minimum Gasteiger partial charge on any atom is -0.273 e. The van der Waals surface area contributed by atoms with E-state index in [1.165, 1.54) is 0 Å². The van der Waals surface area contributed by atoms with Gasteiger partial charge in [-0.15, -0.1) is 0 Å². The van der Waals surface area contributed by atoms with Crippen molar-refractivity contribution < 1.29 is 14.4 Å². The van der Waals surface area contributed by atoms with Gasteiger partial charge in [0.1, 0.15) is 5.92 Å². The number of benzene rings is 3. The van der Waals surface area contributed by atoms with E-state index < -0.39 is 24.0 Å². The van der Waals surface area contributed by atoms with Crippen LogP contribution in [-0.4, -0.2) is 17.9 Å². The third-order valence-corrected chi connectivity index (χ3v) is 6.09. The summed E-state index contributed by atoms with van der Waals surface area (Å²) >= 11 is 12.2. The van der Waals surface area contributed by atoms with Crippen molar-refractivity contribution in [3.63, 3.8) is 0 Å². The van der Waals surface area contributed by atoms with Crippen molar-refractivity contribution in [3.05, 3.63) is 94.0 Å². The van der Waals surface area contributed by atoms with E-state index in [-0.39, 0.29) is 5.91 Å². The molecule has 2 fully saturated rings. The van der Waals surface area contributed by atoms with Crippen LogP contribution in [0.15, 0.2) is 72.8 Å². The molecule has 0 radical (unpaired) electrons. The molecule has 3 atom stereocenters. The lowest BCUT2D eigenvalue weighted by atomic mass is 9.90. The first kappa shape index (κ1) is 20.1. The van der Waals surface area contributed by atoms with Gasteiger partial charge in [0.15, 0.2) is 6.10 Å². The number of carbonyl (C=O) groups excluding carboxylic acids is 2. The molecule has 3 aromatic carbocycles. The molecule has 2 saturated heterocycles. The fourth-order valence-corrected chi connectivity index (χ4v) is 4.75. The van der Waals surface area contributed by atoms with Gasteiger partial charge in [0.05, 0.1) is 17.4 Å². The molecule has 2 heterocycles. The second kappa shape index (κ2) is 7.68. The predicted octanol–water partition coefficient (Wildman–Crippen LogP) is 5.35. The van der Waals surface area contributed by atoms with E-state index in [1.54, 1.807) is 23.3 Å². The summed E-state index contributed by atoms with van der Waals surface area (Å²) in [5.74, 6) is -1.46. The molecule has 31 heavy (non-hydrogen) atoms. The van der Waals surface area contributed by atoms with Crippen molar-refractivity contribution in [1.82, 2.24) is 0 Å². The maximum absolute atomic E-state index is 13.6. The second-order valence-corrected chi connectivity index (χ2v) is 8.58. The summed E-state index contributed by atoms with van der Waals surface area (Å²) in [5.41, 5.74) is 3.13. The summed E-state index contributed by atoms with van der Waals surface area (Å²) in [6.07, 6.45) is -0.934. The van der Waals surface area contributed by atoms with Gasteiger partial charge in [0.2, 0.25) is 5.91 Å². The Morgan fingerprint density at radius 3 is 2.10 bits per heavy atom. The molecule has 0 aromatic heterocycles. The third kappa shape index (κ3) is 3.39. The fraction of sp³-hybridized carbons (Fsp3) is 0.167. The van der Waals surface area contributed by atoms with Crippen molar-refractivity contribution in [3.8, 4) is 0 Å². The number of halogens is 2. The van der Waals surface area contributed by atoms with Gasteiger partial charge < -0.3 is 0 Å². The highest BCUT2D eigenvalue weighted by Gasteiger charge is 2.60. The lowest BCUT2D eigenvalue weighted by Crippen LogP contribution is -2.37. The van der Waals surface area contributed by atoms with E-state index in [4.69, 9.17) is 28.0 Å². The molecular formula is C24H18Cl2N2O3. The maximum Gasteiger partial charge on any atom is 0.266 e. The molecule has 2 amide bonds. The van der Waals surface area contributed by atoms with Crippen LogP contribution in [0.2, 0.25) is 10.0 Å². The quantitative estimate of drug-likeness (QED) is 0.502. The number of para-hydroxylation sites is 1. The molecule has 156 valence electrons. The number of fused-ring (bicyclic) bond motifs is 1. The average Bonchev–Trinajstić information content (AvgIpc) is 3.25. The normalized spacial score (nSPS) is 22.9. The Morgan fingerprint density at radius 2 is 1.45 bits per heavy atom. The minimum atomic E-state index is -0.934. The molecule has 5 nitrogen and oxygen atoms in total. The topological polar surface area (TPSA) is 49.9 Å². The van der Waals surface area contributed by atoms with Crippen LogP contribution in [0.5, 0.6) is 0 Å². The Labute approximate surface area is 189 Å². The Kier molecular flexibility index (Phi) is 4.97. The lowest BCUT2D eigenvalue weighted by Gasteiger charge is -2.29. The standard InChI is InChI=1S/C24H18Cl2N2O3/c1-14-7-9-15(10-8-14)21-20-22(31-28(21)18-5-3-2-4-6-18)24(30)27(23(20)29)19-12-16(25)11-17(26)13-19/h2-13,20-22H,1H3/t20-,21-,22-/m0/s1. The summed E-state index contributed by atoms with van der Waals surface area (Å²) in [7, 11) is 0. The first-order valence-corrected chi connectivity index (χ1v) is 10.6. The van der Waals surface area contributed by atoms with Crippen molar-refractivity contribution >= 4 is 46.4 Å². The fourth-order valence-electron chi connectivity index (χ4n) is 4.24. The van der Waals surface area contributed by atoms with Crippen LogP contribution < -0.4 is 9.96 Å². The Balaban J connectivity index is 1.59. The number of hydrogen-bond donors (Lipinski definition) is 0. The lowest BCUT2D eigenvalue weighted by molar-refractivity contribution is -0.126. The highest BCUT2D eigenvalue weighted by Crippen LogP contribution is 2.47. The Morgan fingerprint density at radius 1 is 0.806 bits per heavy atom. The average molecular weight is 453 g/mol. The van der Waals surface area contributed by atoms with E-state index in [9.17, 15) is 9.59 Å². The van der Waals surface area contributed by atoms with Gasteiger partial charge in [-0.1, -0.05) is 71.2 Å². The van der Waals surface area contributed by atoms with Crippen molar-refractivity contribution in [2.45, 2.75) is 19.1 Å². The number of aryl methyl sites for hydroxylation is 1. The van der Waals surface area contributed by atoms with Gasteiger partial charge in [0.25, 0.3) is 5.91 Å². The van der Waals surface area contributed by atoms with E-state index in [1.807, 2.05) is 61.5 Å². The molecule has 7 heteroatoms.